The Morgan fingerprint density at radius 2 is 1.80 bits per heavy atom. The van der Waals surface area contributed by atoms with E-state index >= 15 is 0 Å². The van der Waals surface area contributed by atoms with Gasteiger partial charge in [0.05, 0.1) is 22.4 Å². The van der Waals surface area contributed by atoms with E-state index in [9.17, 15) is 9.59 Å². The van der Waals surface area contributed by atoms with Crippen molar-refractivity contribution in [3.8, 4) is 16.9 Å². The molecule has 0 aliphatic heterocycles. The molecule has 1 N–H and O–H groups in total. The lowest BCUT2D eigenvalue weighted by Gasteiger charge is -2.18. The smallest absolute Gasteiger partial charge is 0.238 e. The minimum Gasteiger partial charge on any atom is -0.360 e. The van der Waals surface area contributed by atoms with Gasteiger partial charge in [-0.25, -0.2) is 4.68 Å². The van der Waals surface area contributed by atoms with E-state index in [1.165, 1.54) is 11.8 Å². The van der Waals surface area contributed by atoms with Gasteiger partial charge in [0.1, 0.15) is 5.76 Å². The van der Waals surface area contributed by atoms with Gasteiger partial charge in [-0.3, -0.25) is 9.59 Å². The summed E-state index contributed by atoms with van der Waals surface area (Å²) in [6, 6.07) is 21.4. The lowest BCUT2D eigenvalue weighted by molar-refractivity contribution is -0.127. The topological polar surface area (TPSA) is 93.3 Å². The molecular weight excluding hydrogens is 462 g/mol. The average molecular weight is 490 g/mol. The minimum absolute atomic E-state index is 0.0709. The molecule has 0 aliphatic carbocycles. The second-order valence-corrected chi connectivity index (χ2v) is 9.49. The molecule has 1 atom stereocenters. The van der Waals surface area contributed by atoms with Gasteiger partial charge in [0.25, 0.3) is 0 Å². The maximum absolute atomic E-state index is 12.9. The number of nitrogens with one attached hydrogen (secondary N) is 1. The minimum atomic E-state index is -0.426. The van der Waals surface area contributed by atoms with E-state index in [1.807, 2.05) is 71.5 Å². The number of amides is 2. The van der Waals surface area contributed by atoms with Crippen LogP contribution >= 0.6 is 11.8 Å². The molecule has 2 aromatic carbocycles. The normalized spacial score (nSPS) is 11.7. The lowest BCUT2D eigenvalue weighted by atomic mass is 10.1. The van der Waals surface area contributed by atoms with Gasteiger partial charge in [-0.15, -0.1) is 11.8 Å². The van der Waals surface area contributed by atoms with Gasteiger partial charge in [0.2, 0.25) is 11.8 Å². The van der Waals surface area contributed by atoms with Crippen molar-refractivity contribution in [2.24, 2.45) is 0 Å². The molecule has 0 fully saturated rings. The van der Waals surface area contributed by atoms with Crippen LogP contribution in [0.2, 0.25) is 0 Å². The second-order valence-electron chi connectivity index (χ2n) is 8.16. The van der Waals surface area contributed by atoms with Crippen LogP contribution in [-0.2, 0) is 16.1 Å². The number of hydrogen-bond acceptors (Lipinski definition) is 6. The zero-order valence-electron chi connectivity index (χ0n) is 19.8. The molecule has 0 bridgehead atoms. The first-order valence-corrected chi connectivity index (χ1v) is 12.2. The van der Waals surface area contributed by atoms with Crippen molar-refractivity contribution in [1.29, 1.82) is 0 Å². The van der Waals surface area contributed by atoms with Crippen molar-refractivity contribution in [2.75, 3.05) is 18.1 Å². The van der Waals surface area contributed by atoms with Gasteiger partial charge in [-0.2, -0.15) is 5.10 Å². The molecule has 0 radical (unpaired) electrons. The van der Waals surface area contributed by atoms with Crippen molar-refractivity contribution in [3.63, 3.8) is 0 Å². The fraction of sp³-hybridized carbons (Fsp3) is 0.231. The Hall–Kier alpha value is -3.85. The number of para-hydroxylation sites is 1. The molecule has 4 rings (SSSR count). The SMILES string of the molecule is Cc1cc(NC(=O)C(C)SCC(=O)N(C)Cc2cn(-c3ccccc3)nc2-c2ccccc2)no1. The van der Waals surface area contributed by atoms with Crippen LogP contribution in [-0.4, -0.2) is 49.7 Å². The van der Waals surface area contributed by atoms with E-state index in [-0.39, 0.29) is 17.6 Å². The zero-order chi connectivity index (χ0) is 24.8. The van der Waals surface area contributed by atoms with Gasteiger partial charge >= 0.3 is 0 Å². The average Bonchev–Trinajstić information content (AvgIpc) is 3.49. The number of aromatic nitrogens is 3. The summed E-state index contributed by atoms with van der Waals surface area (Å²) in [5.41, 5.74) is 3.70. The van der Waals surface area contributed by atoms with Crippen molar-refractivity contribution in [2.45, 2.75) is 25.6 Å². The Bertz CT molecular complexity index is 1290. The molecular formula is C26H27N5O3S. The van der Waals surface area contributed by atoms with Crippen molar-refractivity contribution in [3.05, 3.63) is 84.3 Å². The fourth-order valence-corrected chi connectivity index (χ4v) is 4.28. The summed E-state index contributed by atoms with van der Waals surface area (Å²) >= 11 is 1.28. The summed E-state index contributed by atoms with van der Waals surface area (Å²) in [6.07, 6.45) is 1.96. The number of nitrogens with zero attached hydrogens (tertiary/aromatic N) is 4. The van der Waals surface area contributed by atoms with Crippen LogP contribution in [0.25, 0.3) is 16.9 Å². The molecule has 2 heterocycles. The number of anilines is 1. The number of thioether (sulfide) groups is 1. The molecule has 0 saturated heterocycles. The Morgan fingerprint density at radius 1 is 1.11 bits per heavy atom. The zero-order valence-corrected chi connectivity index (χ0v) is 20.7. The molecule has 9 heteroatoms. The van der Waals surface area contributed by atoms with Gasteiger partial charge in [0.15, 0.2) is 5.82 Å². The van der Waals surface area contributed by atoms with Crippen LogP contribution in [0.3, 0.4) is 0 Å². The summed E-state index contributed by atoms with van der Waals surface area (Å²) < 4.78 is 6.80. The summed E-state index contributed by atoms with van der Waals surface area (Å²) in [5, 5.41) is 10.8. The number of carbonyl (C=O) groups excluding carboxylic acids is 2. The summed E-state index contributed by atoms with van der Waals surface area (Å²) in [4.78, 5) is 26.9. The molecule has 0 aliphatic rings. The number of benzene rings is 2. The first-order valence-electron chi connectivity index (χ1n) is 11.2. The largest absolute Gasteiger partial charge is 0.360 e. The fourth-order valence-electron chi connectivity index (χ4n) is 3.46. The highest BCUT2D eigenvalue weighted by Crippen LogP contribution is 2.25. The Balaban J connectivity index is 1.42. The van der Waals surface area contributed by atoms with E-state index in [4.69, 9.17) is 9.62 Å². The highest BCUT2D eigenvalue weighted by atomic mass is 32.2. The quantitative estimate of drug-likeness (QED) is 0.371. The Labute approximate surface area is 208 Å². The van der Waals surface area contributed by atoms with Crippen LogP contribution in [0.5, 0.6) is 0 Å². The van der Waals surface area contributed by atoms with Gasteiger partial charge in [-0.05, 0) is 26.0 Å². The first kappa shape index (κ1) is 24.3. The van der Waals surface area contributed by atoms with Crippen molar-refractivity contribution >= 4 is 29.4 Å². The van der Waals surface area contributed by atoms with Crippen molar-refractivity contribution in [1.82, 2.24) is 19.8 Å². The molecule has 35 heavy (non-hydrogen) atoms. The predicted molar refractivity (Wildman–Crippen MR) is 137 cm³/mol. The van der Waals surface area contributed by atoms with Gasteiger partial charge in [0, 0.05) is 37.0 Å². The number of rotatable bonds is 9. The maximum Gasteiger partial charge on any atom is 0.238 e. The molecule has 2 aromatic heterocycles. The third kappa shape index (κ3) is 6.19. The predicted octanol–water partition coefficient (Wildman–Crippen LogP) is 4.55. The molecule has 180 valence electrons. The number of carbonyl (C=O) groups is 2. The third-order valence-electron chi connectivity index (χ3n) is 5.40. The molecule has 1 unspecified atom stereocenters. The van der Waals surface area contributed by atoms with Crippen LogP contribution < -0.4 is 5.32 Å². The number of aryl methyl sites for hydroxylation is 1. The van der Waals surface area contributed by atoms with E-state index in [1.54, 1.807) is 31.9 Å². The molecule has 0 saturated carbocycles. The third-order valence-corrected chi connectivity index (χ3v) is 6.52. The standard InChI is InChI=1S/C26H27N5O3S/c1-18-14-23(29-34-18)27-26(33)19(2)35-17-24(32)30(3)15-21-16-31(22-12-8-5-9-13-22)28-25(21)20-10-6-4-7-11-20/h4-14,16,19H,15,17H2,1-3H3,(H,27,29,33). The lowest BCUT2D eigenvalue weighted by Crippen LogP contribution is -2.30. The molecule has 0 spiro atoms. The first-order chi connectivity index (χ1) is 16.9. The highest BCUT2D eigenvalue weighted by molar-refractivity contribution is 8.01. The van der Waals surface area contributed by atoms with Crippen LogP contribution in [0, 0.1) is 6.92 Å². The summed E-state index contributed by atoms with van der Waals surface area (Å²) in [5.74, 6) is 0.860. The van der Waals surface area contributed by atoms with E-state index in [0.29, 0.717) is 18.1 Å². The van der Waals surface area contributed by atoms with E-state index in [2.05, 4.69) is 10.5 Å². The maximum atomic E-state index is 12.9. The van der Waals surface area contributed by atoms with Crippen LogP contribution in [0.1, 0.15) is 18.2 Å². The monoisotopic (exact) mass is 489 g/mol. The van der Waals surface area contributed by atoms with Crippen LogP contribution in [0.15, 0.2) is 77.4 Å². The van der Waals surface area contributed by atoms with Crippen molar-refractivity contribution < 1.29 is 14.1 Å². The molecule has 4 aromatic rings. The van der Waals surface area contributed by atoms with E-state index in [0.717, 1.165) is 22.5 Å². The summed E-state index contributed by atoms with van der Waals surface area (Å²) in [7, 11) is 1.76. The summed E-state index contributed by atoms with van der Waals surface area (Å²) in [6.45, 7) is 3.91. The Kier molecular flexibility index (Phi) is 7.67. The second kappa shape index (κ2) is 11.1. The Morgan fingerprint density at radius 3 is 2.46 bits per heavy atom. The van der Waals surface area contributed by atoms with Gasteiger partial charge in [-0.1, -0.05) is 53.7 Å². The number of hydrogen-bond donors (Lipinski definition) is 1. The van der Waals surface area contributed by atoms with Crippen LogP contribution in [0.4, 0.5) is 5.82 Å². The van der Waals surface area contributed by atoms with E-state index < -0.39 is 5.25 Å². The molecule has 8 nitrogen and oxygen atoms in total. The molecule has 2 amide bonds. The highest BCUT2D eigenvalue weighted by Gasteiger charge is 2.20. The van der Waals surface area contributed by atoms with Gasteiger partial charge < -0.3 is 14.7 Å².